The number of quaternary nitrogens is 1. The Morgan fingerprint density at radius 2 is 1.83 bits per heavy atom. The molecule has 1 aliphatic heterocycles. The second kappa shape index (κ2) is 5.96. The van der Waals surface area contributed by atoms with Gasteiger partial charge >= 0.3 is 5.51 Å². The number of likely N-dealkylation sites (N-methyl/N-ethyl adjacent to an activating group) is 1. The summed E-state index contributed by atoms with van der Waals surface area (Å²) in [6, 6.07) is 2.30. The predicted octanol–water partition coefficient (Wildman–Crippen LogP) is 0.223. The van der Waals surface area contributed by atoms with Gasteiger partial charge < -0.3 is 9.80 Å². The van der Waals surface area contributed by atoms with Gasteiger partial charge in [-0.15, -0.1) is 0 Å². The molecule has 0 spiro atoms. The van der Waals surface area contributed by atoms with Crippen LogP contribution in [0.15, 0.2) is 23.1 Å². The summed E-state index contributed by atoms with van der Waals surface area (Å²) in [5, 5.41) is 11.2. The topological polar surface area (TPSA) is 85.0 Å². The normalized spacial score (nSPS) is 17.3. The minimum atomic E-state index is -5.62. The Balaban J connectivity index is 2.46. The van der Waals surface area contributed by atoms with Crippen molar-refractivity contribution in [2.75, 3.05) is 38.1 Å². The molecule has 0 amide bonds. The fourth-order valence-corrected chi connectivity index (χ4v) is 3.13. The maximum atomic E-state index is 12.6. The van der Waals surface area contributed by atoms with E-state index in [1.807, 2.05) is 7.05 Å². The van der Waals surface area contributed by atoms with E-state index in [0.717, 1.165) is 25.2 Å². The van der Waals surface area contributed by atoms with Crippen molar-refractivity contribution in [1.82, 2.24) is 0 Å². The summed E-state index contributed by atoms with van der Waals surface area (Å²) in [4.78, 5) is 12.1. The lowest BCUT2D eigenvalue weighted by Crippen LogP contribution is -3.12. The number of hydrogen-bond acceptors (Lipinski definition) is 5. The Kier molecular flexibility index (Phi) is 4.53. The highest BCUT2D eigenvalue weighted by atomic mass is 32.2. The van der Waals surface area contributed by atoms with E-state index in [0.29, 0.717) is 19.2 Å². The summed E-state index contributed by atoms with van der Waals surface area (Å²) < 4.78 is 60.5. The average Bonchev–Trinajstić information content (AvgIpc) is 2.46. The zero-order valence-electron chi connectivity index (χ0n) is 12.1. The molecular weight excluding hydrogens is 339 g/mol. The molecule has 2 rings (SSSR count). The highest BCUT2D eigenvalue weighted by Gasteiger charge is 2.47. The van der Waals surface area contributed by atoms with E-state index >= 15 is 0 Å². The number of alkyl halides is 3. The van der Waals surface area contributed by atoms with Crippen LogP contribution in [0.2, 0.25) is 0 Å². The van der Waals surface area contributed by atoms with Crippen LogP contribution in [-0.2, 0) is 9.84 Å². The number of nitrogens with one attached hydrogen (secondary N) is 1. The quantitative estimate of drug-likeness (QED) is 0.620. The van der Waals surface area contributed by atoms with E-state index in [1.165, 1.54) is 4.90 Å². The van der Waals surface area contributed by atoms with Crippen molar-refractivity contribution in [3.05, 3.63) is 28.3 Å². The van der Waals surface area contributed by atoms with E-state index in [2.05, 4.69) is 0 Å². The lowest BCUT2D eigenvalue weighted by molar-refractivity contribution is -0.880. The molecule has 0 unspecified atom stereocenters. The number of sulfone groups is 1. The molecule has 23 heavy (non-hydrogen) atoms. The lowest BCUT2D eigenvalue weighted by Gasteiger charge is -2.31. The van der Waals surface area contributed by atoms with Crippen LogP contribution in [0.4, 0.5) is 24.5 Å². The van der Waals surface area contributed by atoms with Gasteiger partial charge in [-0.25, -0.2) is 8.42 Å². The second-order valence-electron chi connectivity index (χ2n) is 5.30. The first-order chi connectivity index (χ1) is 10.5. The Morgan fingerprint density at radius 1 is 1.26 bits per heavy atom. The molecule has 7 nitrogen and oxygen atoms in total. The summed E-state index contributed by atoms with van der Waals surface area (Å²) in [7, 11) is -3.65. The van der Waals surface area contributed by atoms with Crippen molar-refractivity contribution in [1.29, 1.82) is 0 Å². The molecule has 0 saturated carbocycles. The van der Waals surface area contributed by atoms with Gasteiger partial charge in [0.05, 0.1) is 43.0 Å². The predicted molar refractivity (Wildman–Crippen MR) is 75.2 cm³/mol. The van der Waals surface area contributed by atoms with Crippen LogP contribution in [0.3, 0.4) is 0 Å². The van der Waals surface area contributed by atoms with Gasteiger partial charge in [-0.05, 0) is 12.1 Å². The van der Waals surface area contributed by atoms with Crippen LogP contribution in [0.1, 0.15) is 0 Å². The van der Waals surface area contributed by atoms with Gasteiger partial charge in [-0.3, -0.25) is 10.1 Å². The Hall–Kier alpha value is -1.88. The van der Waals surface area contributed by atoms with Gasteiger partial charge in [0.2, 0.25) is 0 Å². The maximum absolute atomic E-state index is 12.6. The molecule has 1 fully saturated rings. The monoisotopic (exact) mass is 354 g/mol. The van der Waals surface area contributed by atoms with Gasteiger partial charge in [0.1, 0.15) is 5.69 Å². The number of hydrogen-bond donors (Lipinski definition) is 1. The molecule has 1 aromatic carbocycles. The highest BCUT2D eigenvalue weighted by molar-refractivity contribution is 7.92. The minimum Gasteiger partial charge on any atom is -0.355 e. The van der Waals surface area contributed by atoms with E-state index in [4.69, 9.17) is 0 Å². The van der Waals surface area contributed by atoms with Crippen LogP contribution in [0, 0.1) is 10.1 Å². The third-order valence-corrected chi connectivity index (χ3v) is 5.20. The molecule has 0 atom stereocenters. The van der Waals surface area contributed by atoms with Crippen molar-refractivity contribution in [3.8, 4) is 0 Å². The number of rotatable bonds is 3. The second-order valence-corrected chi connectivity index (χ2v) is 7.24. The molecule has 1 heterocycles. The van der Waals surface area contributed by atoms with Crippen LogP contribution in [0.5, 0.6) is 0 Å². The first-order valence-electron chi connectivity index (χ1n) is 6.70. The van der Waals surface area contributed by atoms with Crippen molar-refractivity contribution in [2.24, 2.45) is 0 Å². The van der Waals surface area contributed by atoms with Gasteiger partial charge in [0.25, 0.3) is 15.5 Å². The van der Waals surface area contributed by atoms with Gasteiger partial charge in [0.15, 0.2) is 0 Å². The summed E-state index contributed by atoms with van der Waals surface area (Å²) in [5.41, 5.74) is -6.02. The van der Waals surface area contributed by atoms with Crippen LogP contribution >= 0.6 is 0 Å². The van der Waals surface area contributed by atoms with Crippen molar-refractivity contribution in [3.63, 3.8) is 0 Å². The number of nitro benzene ring substituents is 1. The molecular formula is C12H15F3N3O4S+. The number of halogens is 3. The molecule has 1 saturated heterocycles. The summed E-state index contributed by atoms with van der Waals surface area (Å²) >= 11 is 0. The molecule has 1 aromatic rings. The molecule has 0 bridgehead atoms. The zero-order chi connectivity index (χ0) is 17.4. The third kappa shape index (κ3) is 3.39. The van der Waals surface area contributed by atoms with Crippen LogP contribution < -0.4 is 9.80 Å². The van der Waals surface area contributed by atoms with E-state index < -0.39 is 30.9 Å². The molecule has 0 aromatic heterocycles. The fourth-order valence-electron chi connectivity index (χ4n) is 2.35. The first kappa shape index (κ1) is 17.5. The largest absolute Gasteiger partial charge is 0.501 e. The van der Waals surface area contributed by atoms with E-state index in [-0.39, 0.29) is 5.69 Å². The summed E-state index contributed by atoms with van der Waals surface area (Å²) in [5.74, 6) is 0. The molecule has 1 aliphatic rings. The first-order valence-corrected chi connectivity index (χ1v) is 8.18. The van der Waals surface area contributed by atoms with E-state index in [9.17, 15) is 31.7 Å². The molecule has 11 heteroatoms. The molecule has 128 valence electrons. The van der Waals surface area contributed by atoms with Crippen molar-refractivity contribution in [2.45, 2.75) is 10.4 Å². The number of piperazine rings is 1. The van der Waals surface area contributed by atoms with Crippen LogP contribution in [0.25, 0.3) is 0 Å². The number of nitrogens with zero attached hydrogens (tertiary/aromatic N) is 2. The Bertz CT molecular complexity index is 713. The highest BCUT2D eigenvalue weighted by Crippen LogP contribution is 2.36. The zero-order valence-corrected chi connectivity index (χ0v) is 12.9. The fraction of sp³-hybridized carbons (Fsp3) is 0.500. The van der Waals surface area contributed by atoms with Gasteiger partial charge in [-0.2, -0.15) is 13.2 Å². The SMILES string of the molecule is C[NH+]1CCN(c2ccc(S(=O)(=O)C(F)(F)F)cc2[N+](=O)[O-])CC1. The average molecular weight is 354 g/mol. The standard InChI is InChI=1S/C12H14F3N3O4S/c1-16-4-6-17(7-5-16)10-3-2-9(8-11(10)18(19)20)23(21,22)12(13,14)15/h2-3,8H,4-7H2,1H3/p+1. The smallest absolute Gasteiger partial charge is 0.355 e. The van der Waals surface area contributed by atoms with Gasteiger partial charge in [0, 0.05) is 6.07 Å². The van der Waals surface area contributed by atoms with Gasteiger partial charge in [-0.1, -0.05) is 0 Å². The minimum absolute atomic E-state index is 0.128. The molecule has 1 N–H and O–H groups in total. The molecule has 0 radical (unpaired) electrons. The maximum Gasteiger partial charge on any atom is 0.501 e. The summed E-state index contributed by atoms with van der Waals surface area (Å²) in [6.07, 6.45) is 0. The molecule has 0 aliphatic carbocycles. The van der Waals surface area contributed by atoms with Crippen molar-refractivity contribution >= 4 is 21.2 Å². The number of benzene rings is 1. The third-order valence-electron chi connectivity index (χ3n) is 3.72. The number of nitro groups is 1. The Morgan fingerprint density at radius 3 is 2.30 bits per heavy atom. The van der Waals surface area contributed by atoms with E-state index in [1.54, 1.807) is 4.90 Å². The Labute approximate surface area is 130 Å². The van der Waals surface area contributed by atoms with Crippen molar-refractivity contribution < 1.29 is 31.4 Å². The number of anilines is 1. The summed E-state index contributed by atoms with van der Waals surface area (Å²) in [6.45, 7) is 2.44. The van der Waals surface area contributed by atoms with Crippen LogP contribution in [-0.4, -0.2) is 52.1 Å². The lowest BCUT2D eigenvalue weighted by atomic mass is 10.2.